The third kappa shape index (κ3) is 4.07. The van der Waals surface area contributed by atoms with Crippen LogP contribution in [0.5, 0.6) is 0 Å². The summed E-state index contributed by atoms with van der Waals surface area (Å²) in [4.78, 5) is 10.7. The predicted molar refractivity (Wildman–Crippen MR) is 61.2 cm³/mol. The van der Waals surface area contributed by atoms with E-state index in [4.69, 9.17) is 5.11 Å². The van der Waals surface area contributed by atoms with E-state index in [1.165, 1.54) is 20.9 Å². The lowest BCUT2D eigenvalue weighted by molar-refractivity contribution is -0.141. The van der Waals surface area contributed by atoms with Gasteiger partial charge in [0.05, 0.1) is 5.92 Å². The van der Waals surface area contributed by atoms with Crippen LogP contribution in [0.25, 0.3) is 0 Å². The zero-order valence-corrected chi connectivity index (χ0v) is 11.1. The fourth-order valence-electron chi connectivity index (χ4n) is 0.912. The molecule has 6 nitrogen and oxygen atoms in total. The molecule has 0 radical (unpaired) electrons. The van der Waals surface area contributed by atoms with Crippen molar-refractivity contribution in [1.29, 1.82) is 0 Å². The topological polar surface area (TPSA) is 86.7 Å². The summed E-state index contributed by atoms with van der Waals surface area (Å²) < 4.78 is 27.0. The Labute approximate surface area is 96.8 Å². The summed E-state index contributed by atoms with van der Waals surface area (Å²) in [6.07, 6.45) is 0. The number of nitrogens with one attached hydrogen (secondary N) is 1. The van der Waals surface area contributed by atoms with E-state index < -0.39 is 28.1 Å². The Morgan fingerprint density at radius 2 is 1.69 bits per heavy atom. The highest BCUT2D eigenvalue weighted by molar-refractivity contribution is 7.87. The molecule has 0 amide bonds. The fraction of sp³-hybridized carbons (Fsp3) is 0.889. The van der Waals surface area contributed by atoms with Crippen LogP contribution in [0.15, 0.2) is 0 Å². The van der Waals surface area contributed by atoms with E-state index in [0.29, 0.717) is 0 Å². The second-order valence-electron chi connectivity index (χ2n) is 4.15. The Balaban J connectivity index is 4.67. The zero-order chi connectivity index (χ0) is 13.1. The monoisotopic (exact) mass is 252 g/mol. The average molecular weight is 252 g/mol. The third-order valence-corrected chi connectivity index (χ3v) is 4.43. The molecule has 0 aliphatic heterocycles. The molecule has 0 fully saturated rings. The molecule has 2 N–H and O–H groups in total. The predicted octanol–water partition coefficient (Wildman–Crippen LogP) is 0.270. The van der Waals surface area contributed by atoms with Crippen LogP contribution >= 0.6 is 0 Å². The number of hydrogen-bond donors (Lipinski definition) is 2. The van der Waals surface area contributed by atoms with Gasteiger partial charge in [-0.1, -0.05) is 6.92 Å². The molecular formula is C9H20N2O4S. The lowest BCUT2D eigenvalue weighted by Crippen LogP contribution is -2.48. The summed E-state index contributed by atoms with van der Waals surface area (Å²) in [5.41, 5.74) is 0. The van der Waals surface area contributed by atoms with E-state index in [1.54, 1.807) is 13.8 Å². The van der Waals surface area contributed by atoms with Gasteiger partial charge in [-0.3, -0.25) is 4.79 Å². The van der Waals surface area contributed by atoms with Crippen molar-refractivity contribution in [3.8, 4) is 0 Å². The van der Waals surface area contributed by atoms with Crippen molar-refractivity contribution in [2.24, 2.45) is 5.92 Å². The first-order valence-electron chi connectivity index (χ1n) is 5.07. The first kappa shape index (κ1) is 15.3. The summed E-state index contributed by atoms with van der Waals surface area (Å²) in [6, 6.07) is -0.825. The molecule has 0 bridgehead atoms. The largest absolute Gasteiger partial charge is 0.481 e. The van der Waals surface area contributed by atoms with Crippen LogP contribution in [-0.2, 0) is 15.0 Å². The fourth-order valence-corrected chi connectivity index (χ4v) is 2.31. The van der Waals surface area contributed by atoms with Crippen LogP contribution in [-0.4, -0.2) is 42.9 Å². The molecule has 0 spiro atoms. The highest BCUT2D eigenvalue weighted by Crippen LogP contribution is 2.07. The molecule has 96 valence electrons. The van der Waals surface area contributed by atoms with Gasteiger partial charge < -0.3 is 5.11 Å². The summed E-state index contributed by atoms with van der Waals surface area (Å²) in [5, 5.41) is 8.75. The van der Waals surface area contributed by atoms with Gasteiger partial charge in [-0.05, 0) is 20.8 Å². The Morgan fingerprint density at radius 1 is 1.25 bits per heavy atom. The average Bonchev–Trinajstić information content (AvgIpc) is 2.14. The second-order valence-corrected chi connectivity index (χ2v) is 5.91. The quantitative estimate of drug-likeness (QED) is 0.710. The van der Waals surface area contributed by atoms with Gasteiger partial charge in [0.15, 0.2) is 0 Å². The number of nitrogens with zero attached hydrogens (tertiary/aromatic N) is 1. The number of aliphatic carboxylic acids is 1. The zero-order valence-electron chi connectivity index (χ0n) is 10.3. The van der Waals surface area contributed by atoms with E-state index in [1.807, 2.05) is 0 Å². The minimum absolute atomic E-state index is 0.176. The van der Waals surface area contributed by atoms with E-state index in [9.17, 15) is 13.2 Å². The number of carbonyl (C=O) groups is 1. The lowest BCUT2D eigenvalue weighted by Gasteiger charge is -2.25. The van der Waals surface area contributed by atoms with Crippen LogP contribution in [0.2, 0.25) is 0 Å². The Kier molecular flexibility index (Phi) is 5.37. The summed E-state index contributed by atoms with van der Waals surface area (Å²) in [5.74, 6) is -1.79. The maximum absolute atomic E-state index is 11.7. The smallest absolute Gasteiger partial charge is 0.307 e. The van der Waals surface area contributed by atoms with E-state index in [0.717, 1.165) is 4.31 Å². The van der Waals surface area contributed by atoms with Gasteiger partial charge in [-0.15, -0.1) is 0 Å². The van der Waals surface area contributed by atoms with Gasteiger partial charge >= 0.3 is 5.97 Å². The molecule has 7 heteroatoms. The van der Waals surface area contributed by atoms with Crippen molar-refractivity contribution in [3.05, 3.63) is 0 Å². The number of carboxylic acids is 1. The summed E-state index contributed by atoms with van der Waals surface area (Å²) >= 11 is 0. The van der Waals surface area contributed by atoms with E-state index in [-0.39, 0.29) is 6.04 Å². The van der Waals surface area contributed by atoms with Crippen LogP contribution in [0, 0.1) is 5.92 Å². The second kappa shape index (κ2) is 5.60. The highest BCUT2D eigenvalue weighted by atomic mass is 32.2. The van der Waals surface area contributed by atoms with Gasteiger partial charge in [0.2, 0.25) is 0 Å². The van der Waals surface area contributed by atoms with Crippen LogP contribution in [0.3, 0.4) is 0 Å². The normalized spacial score (nSPS) is 16.4. The molecule has 0 rings (SSSR count). The Morgan fingerprint density at radius 3 is 2.00 bits per heavy atom. The first-order chi connectivity index (χ1) is 7.09. The minimum atomic E-state index is -3.62. The molecule has 0 saturated carbocycles. The highest BCUT2D eigenvalue weighted by Gasteiger charge is 2.27. The molecule has 0 aromatic rings. The van der Waals surface area contributed by atoms with Crippen molar-refractivity contribution < 1.29 is 18.3 Å². The van der Waals surface area contributed by atoms with Crippen molar-refractivity contribution >= 4 is 16.2 Å². The van der Waals surface area contributed by atoms with Crippen molar-refractivity contribution in [3.63, 3.8) is 0 Å². The number of carboxylic acid groups (broad SMARTS) is 1. The van der Waals surface area contributed by atoms with Crippen LogP contribution < -0.4 is 4.72 Å². The maximum Gasteiger partial charge on any atom is 0.307 e. The van der Waals surface area contributed by atoms with Crippen LogP contribution in [0.4, 0.5) is 0 Å². The number of rotatable bonds is 6. The van der Waals surface area contributed by atoms with Gasteiger partial charge in [-0.2, -0.15) is 17.4 Å². The summed E-state index contributed by atoms with van der Waals surface area (Å²) in [7, 11) is -2.17. The van der Waals surface area contributed by atoms with Gasteiger partial charge in [0.25, 0.3) is 10.2 Å². The molecule has 2 atom stereocenters. The molecular weight excluding hydrogens is 232 g/mol. The molecule has 0 saturated heterocycles. The van der Waals surface area contributed by atoms with Gasteiger partial charge in [-0.25, -0.2) is 0 Å². The molecule has 0 heterocycles. The van der Waals surface area contributed by atoms with Crippen molar-refractivity contribution in [2.75, 3.05) is 7.05 Å². The van der Waals surface area contributed by atoms with Gasteiger partial charge in [0, 0.05) is 19.1 Å². The number of hydrogen-bond acceptors (Lipinski definition) is 3. The summed E-state index contributed by atoms with van der Waals surface area (Å²) in [6.45, 7) is 6.48. The molecule has 0 aromatic carbocycles. The Hall–Kier alpha value is -0.660. The van der Waals surface area contributed by atoms with Crippen molar-refractivity contribution in [1.82, 2.24) is 9.03 Å². The standard InChI is InChI=1S/C9H20N2O4S/c1-6(2)11(5)16(14,15)10-8(4)7(3)9(12)13/h6-8,10H,1-5H3,(H,12,13). The molecule has 0 aliphatic carbocycles. The molecule has 2 unspecified atom stereocenters. The van der Waals surface area contributed by atoms with E-state index in [2.05, 4.69) is 4.72 Å². The van der Waals surface area contributed by atoms with E-state index >= 15 is 0 Å². The Bertz CT molecular complexity index is 339. The lowest BCUT2D eigenvalue weighted by atomic mass is 10.1. The molecule has 0 aliphatic rings. The molecule has 0 aromatic heterocycles. The maximum atomic E-state index is 11.7. The van der Waals surface area contributed by atoms with Crippen LogP contribution in [0.1, 0.15) is 27.7 Å². The first-order valence-corrected chi connectivity index (χ1v) is 6.51. The minimum Gasteiger partial charge on any atom is -0.481 e. The van der Waals surface area contributed by atoms with Crippen molar-refractivity contribution in [2.45, 2.75) is 39.8 Å². The SMILES string of the molecule is CC(NS(=O)(=O)N(C)C(C)C)C(C)C(=O)O. The third-order valence-electron chi connectivity index (χ3n) is 2.58. The van der Waals surface area contributed by atoms with Gasteiger partial charge in [0.1, 0.15) is 0 Å². The molecule has 16 heavy (non-hydrogen) atoms.